The molecule has 0 aromatic heterocycles. The van der Waals surface area contributed by atoms with Gasteiger partial charge in [-0.1, -0.05) is 6.07 Å². The molecule has 108 valence electrons. The van der Waals surface area contributed by atoms with Crippen molar-refractivity contribution in [2.45, 2.75) is 19.3 Å². The van der Waals surface area contributed by atoms with Crippen LogP contribution in [0.5, 0.6) is 11.5 Å². The van der Waals surface area contributed by atoms with Gasteiger partial charge in [-0.05, 0) is 37.5 Å². The van der Waals surface area contributed by atoms with E-state index in [0.717, 1.165) is 31.5 Å². The third-order valence-electron chi connectivity index (χ3n) is 3.53. The molecular weight excluding hydrogens is 254 g/mol. The molecule has 0 aliphatic carbocycles. The van der Waals surface area contributed by atoms with Gasteiger partial charge < -0.3 is 14.4 Å². The highest BCUT2D eigenvalue weighted by atomic mass is 16.5. The van der Waals surface area contributed by atoms with Crippen molar-refractivity contribution in [3.05, 3.63) is 29.8 Å². The molecular formula is C16H21NO3. The fourth-order valence-electron chi connectivity index (χ4n) is 2.42. The summed E-state index contributed by atoms with van der Waals surface area (Å²) < 4.78 is 10.6. The normalized spacial score (nSPS) is 15.4. The fraction of sp³-hybridized carbons (Fsp3) is 0.438. The third kappa shape index (κ3) is 3.32. The number of ether oxygens (including phenoxy) is 2. The topological polar surface area (TPSA) is 38.8 Å². The van der Waals surface area contributed by atoms with E-state index in [4.69, 9.17) is 9.47 Å². The number of likely N-dealkylation sites (tertiary alicyclic amines) is 1. The van der Waals surface area contributed by atoms with Crippen LogP contribution in [-0.4, -0.2) is 38.1 Å². The van der Waals surface area contributed by atoms with Crippen molar-refractivity contribution in [1.29, 1.82) is 0 Å². The Kier molecular flexibility index (Phi) is 5.04. The van der Waals surface area contributed by atoms with Crippen LogP contribution in [0.15, 0.2) is 24.3 Å². The Morgan fingerprint density at radius 3 is 2.25 bits per heavy atom. The van der Waals surface area contributed by atoms with E-state index in [-0.39, 0.29) is 5.91 Å². The van der Waals surface area contributed by atoms with E-state index >= 15 is 0 Å². The maximum atomic E-state index is 12.1. The molecule has 0 unspecified atom stereocenters. The summed E-state index contributed by atoms with van der Waals surface area (Å²) in [4.78, 5) is 14.0. The quantitative estimate of drug-likeness (QED) is 0.793. The minimum Gasteiger partial charge on any atom is -0.496 e. The van der Waals surface area contributed by atoms with Crippen molar-refractivity contribution in [3.8, 4) is 11.5 Å². The Morgan fingerprint density at radius 2 is 1.70 bits per heavy atom. The lowest BCUT2D eigenvalue weighted by atomic mass is 10.1. The van der Waals surface area contributed by atoms with Crippen LogP contribution < -0.4 is 9.47 Å². The van der Waals surface area contributed by atoms with E-state index in [9.17, 15) is 4.79 Å². The molecule has 1 aromatic rings. The molecule has 1 aliphatic heterocycles. The highest BCUT2D eigenvalue weighted by molar-refractivity contribution is 5.92. The first-order valence-corrected chi connectivity index (χ1v) is 6.94. The summed E-state index contributed by atoms with van der Waals surface area (Å²) in [5.74, 6) is 1.46. The van der Waals surface area contributed by atoms with Gasteiger partial charge in [0.2, 0.25) is 5.91 Å². The van der Waals surface area contributed by atoms with Crippen molar-refractivity contribution in [2.75, 3.05) is 27.3 Å². The molecule has 4 heteroatoms. The largest absolute Gasteiger partial charge is 0.496 e. The van der Waals surface area contributed by atoms with Gasteiger partial charge in [-0.2, -0.15) is 0 Å². The van der Waals surface area contributed by atoms with Crippen molar-refractivity contribution in [1.82, 2.24) is 4.90 Å². The molecule has 0 N–H and O–H groups in total. The Hall–Kier alpha value is -1.97. The van der Waals surface area contributed by atoms with Crippen LogP contribution in [-0.2, 0) is 4.79 Å². The first-order chi connectivity index (χ1) is 9.76. The van der Waals surface area contributed by atoms with E-state index in [0.29, 0.717) is 11.5 Å². The zero-order chi connectivity index (χ0) is 14.4. The van der Waals surface area contributed by atoms with Gasteiger partial charge in [0.1, 0.15) is 11.5 Å². The maximum Gasteiger partial charge on any atom is 0.246 e. The van der Waals surface area contributed by atoms with Gasteiger partial charge in [-0.3, -0.25) is 4.79 Å². The van der Waals surface area contributed by atoms with Crippen molar-refractivity contribution >= 4 is 12.0 Å². The monoisotopic (exact) mass is 275 g/mol. The molecule has 20 heavy (non-hydrogen) atoms. The minimum absolute atomic E-state index is 0.0534. The van der Waals surface area contributed by atoms with E-state index in [1.54, 1.807) is 26.4 Å². The predicted octanol–water partition coefficient (Wildman–Crippen LogP) is 2.73. The van der Waals surface area contributed by atoms with E-state index < -0.39 is 0 Å². The van der Waals surface area contributed by atoms with Crippen LogP contribution in [0.2, 0.25) is 0 Å². The lowest BCUT2D eigenvalue weighted by molar-refractivity contribution is -0.126. The van der Waals surface area contributed by atoms with Crippen LogP contribution in [0.3, 0.4) is 0 Å². The molecule has 0 spiro atoms. The number of carbonyl (C=O) groups excluding carboxylic acids is 1. The van der Waals surface area contributed by atoms with Crippen LogP contribution in [0, 0.1) is 0 Å². The zero-order valence-electron chi connectivity index (χ0n) is 12.1. The number of carbonyl (C=O) groups is 1. The molecule has 1 aromatic carbocycles. The minimum atomic E-state index is 0.0534. The first kappa shape index (κ1) is 14.4. The molecule has 1 saturated heterocycles. The SMILES string of the molecule is COc1cccc(OC)c1/C=C/C(=O)N1CCCCC1. The van der Waals surface area contributed by atoms with E-state index in [1.807, 2.05) is 23.1 Å². The molecule has 0 bridgehead atoms. The standard InChI is InChI=1S/C16H21NO3/c1-19-14-7-6-8-15(20-2)13(14)9-10-16(18)17-11-4-3-5-12-17/h6-10H,3-5,11-12H2,1-2H3/b10-9+. The summed E-state index contributed by atoms with van der Waals surface area (Å²) >= 11 is 0. The summed E-state index contributed by atoms with van der Waals surface area (Å²) in [6.07, 6.45) is 6.78. The van der Waals surface area contributed by atoms with Gasteiger partial charge >= 0.3 is 0 Å². The molecule has 1 heterocycles. The Morgan fingerprint density at radius 1 is 1.10 bits per heavy atom. The van der Waals surface area contributed by atoms with Crippen LogP contribution in [0.25, 0.3) is 6.08 Å². The van der Waals surface area contributed by atoms with E-state index in [2.05, 4.69) is 0 Å². The van der Waals surface area contributed by atoms with Crippen molar-refractivity contribution in [3.63, 3.8) is 0 Å². The number of piperidine rings is 1. The molecule has 0 saturated carbocycles. The van der Waals surface area contributed by atoms with E-state index in [1.165, 1.54) is 6.42 Å². The fourth-order valence-corrected chi connectivity index (χ4v) is 2.42. The lowest BCUT2D eigenvalue weighted by Crippen LogP contribution is -2.34. The molecule has 0 radical (unpaired) electrons. The van der Waals surface area contributed by atoms with Gasteiger partial charge in [0.05, 0.1) is 19.8 Å². The lowest BCUT2D eigenvalue weighted by Gasteiger charge is -2.25. The second kappa shape index (κ2) is 6.98. The number of benzene rings is 1. The summed E-state index contributed by atoms with van der Waals surface area (Å²) in [6, 6.07) is 5.57. The van der Waals surface area contributed by atoms with Crippen LogP contribution in [0.1, 0.15) is 24.8 Å². The average molecular weight is 275 g/mol. The predicted molar refractivity (Wildman–Crippen MR) is 79.0 cm³/mol. The number of methoxy groups -OCH3 is 2. The summed E-state index contributed by atoms with van der Waals surface area (Å²) in [5, 5.41) is 0. The first-order valence-electron chi connectivity index (χ1n) is 6.94. The van der Waals surface area contributed by atoms with Crippen LogP contribution in [0.4, 0.5) is 0 Å². The number of rotatable bonds is 4. The van der Waals surface area contributed by atoms with Gasteiger partial charge in [-0.25, -0.2) is 0 Å². The maximum absolute atomic E-state index is 12.1. The number of amides is 1. The summed E-state index contributed by atoms with van der Waals surface area (Å²) in [7, 11) is 3.22. The second-order valence-corrected chi connectivity index (χ2v) is 4.80. The van der Waals surface area contributed by atoms with Crippen molar-refractivity contribution < 1.29 is 14.3 Å². The van der Waals surface area contributed by atoms with Gasteiger partial charge in [-0.15, -0.1) is 0 Å². The van der Waals surface area contributed by atoms with Gasteiger partial charge in [0.25, 0.3) is 0 Å². The molecule has 1 fully saturated rings. The van der Waals surface area contributed by atoms with Gasteiger partial charge in [0.15, 0.2) is 0 Å². The second-order valence-electron chi connectivity index (χ2n) is 4.80. The summed E-state index contributed by atoms with van der Waals surface area (Å²) in [5.41, 5.74) is 0.794. The highest BCUT2D eigenvalue weighted by Gasteiger charge is 2.14. The average Bonchev–Trinajstić information content (AvgIpc) is 2.52. The zero-order valence-corrected chi connectivity index (χ0v) is 12.1. The summed E-state index contributed by atoms with van der Waals surface area (Å²) in [6.45, 7) is 1.71. The number of hydrogen-bond acceptors (Lipinski definition) is 3. The molecule has 1 aliphatic rings. The Balaban J connectivity index is 2.15. The Bertz CT molecular complexity index is 468. The third-order valence-corrected chi connectivity index (χ3v) is 3.53. The number of hydrogen-bond donors (Lipinski definition) is 0. The number of nitrogens with zero attached hydrogens (tertiary/aromatic N) is 1. The highest BCUT2D eigenvalue weighted by Crippen LogP contribution is 2.29. The van der Waals surface area contributed by atoms with Crippen LogP contribution >= 0.6 is 0 Å². The molecule has 4 nitrogen and oxygen atoms in total. The molecule has 0 atom stereocenters. The van der Waals surface area contributed by atoms with Gasteiger partial charge in [0, 0.05) is 19.2 Å². The smallest absolute Gasteiger partial charge is 0.246 e. The molecule has 2 rings (SSSR count). The Labute approximate surface area is 120 Å². The molecule has 1 amide bonds. The van der Waals surface area contributed by atoms with Crippen molar-refractivity contribution in [2.24, 2.45) is 0 Å².